The summed E-state index contributed by atoms with van der Waals surface area (Å²) in [6.07, 6.45) is 10.7. The average Bonchev–Trinajstić information content (AvgIpc) is 3.02. The van der Waals surface area contributed by atoms with Crippen molar-refractivity contribution in [3.05, 3.63) is 59.7 Å². The molecule has 0 spiro atoms. The van der Waals surface area contributed by atoms with Crippen molar-refractivity contribution in [2.24, 2.45) is 0 Å². The Morgan fingerprint density at radius 2 is 0.630 bits per heavy atom. The van der Waals surface area contributed by atoms with Gasteiger partial charge in [-0.25, -0.2) is 0 Å². The number of carboxylic acid groups (broad SMARTS) is 2. The summed E-state index contributed by atoms with van der Waals surface area (Å²) in [4.78, 5) is 23.0. The van der Waals surface area contributed by atoms with E-state index in [1.807, 2.05) is 0 Å². The molecule has 0 aromatic heterocycles. The van der Waals surface area contributed by atoms with Crippen LogP contribution in [-0.4, -0.2) is 73.3 Å². The van der Waals surface area contributed by atoms with Crippen molar-refractivity contribution < 1.29 is 28.8 Å². The van der Waals surface area contributed by atoms with Gasteiger partial charge in [0.25, 0.3) is 0 Å². The topological polar surface area (TPSA) is 80.3 Å². The van der Waals surface area contributed by atoms with Crippen molar-refractivity contribution in [1.29, 1.82) is 0 Å². The summed E-state index contributed by atoms with van der Waals surface area (Å²) in [5.74, 6) is -2.40. The molecule has 262 valence electrons. The summed E-state index contributed by atoms with van der Waals surface area (Å²) in [6.45, 7) is 29.6. The van der Waals surface area contributed by atoms with Gasteiger partial charge in [0.1, 0.15) is 0 Å². The first-order valence-corrected chi connectivity index (χ1v) is 19.9. The standard InChI is InChI=1S/C14H10O4S2.2C12H28N/c15-13(16)9-1-5-11(6-2-9)19-20-12-7-3-10(4-8-12)14(17)18;2*1-5-9-13(10-6-2,11-7-3)12-8-4/h1-8H,(H,15,16)(H,17,18);2*5-12H2,1-4H3/q;2*+1/p-2. The lowest BCUT2D eigenvalue weighted by Crippen LogP contribution is -2.50. The van der Waals surface area contributed by atoms with E-state index in [4.69, 9.17) is 0 Å². The molecule has 0 aliphatic carbocycles. The molecule has 0 saturated carbocycles. The Morgan fingerprint density at radius 1 is 0.435 bits per heavy atom. The molecular formula is C38H64N2O4S2. The number of rotatable bonds is 21. The van der Waals surface area contributed by atoms with Crippen molar-refractivity contribution >= 4 is 33.5 Å². The maximum Gasteiger partial charge on any atom is 0.0783 e. The quantitative estimate of drug-likeness (QED) is 0.0982. The Balaban J connectivity index is 0.000000691. The van der Waals surface area contributed by atoms with Crippen LogP contribution in [0.25, 0.3) is 0 Å². The van der Waals surface area contributed by atoms with E-state index in [-0.39, 0.29) is 11.1 Å². The third-order valence-corrected chi connectivity index (χ3v) is 10.4. The molecule has 0 N–H and O–H groups in total. The van der Waals surface area contributed by atoms with Gasteiger partial charge >= 0.3 is 0 Å². The summed E-state index contributed by atoms with van der Waals surface area (Å²) in [5, 5.41) is 21.2. The largest absolute Gasteiger partial charge is 0.545 e. The molecule has 2 aromatic rings. The highest BCUT2D eigenvalue weighted by Gasteiger charge is 2.23. The minimum Gasteiger partial charge on any atom is -0.545 e. The number of carbonyl (C=O) groups is 2. The molecule has 0 bridgehead atoms. The maximum atomic E-state index is 10.6. The van der Waals surface area contributed by atoms with Crippen LogP contribution in [0, 0.1) is 0 Å². The molecule has 0 fully saturated rings. The minimum absolute atomic E-state index is 0.137. The summed E-state index contributed by atoms with van der Waals surface area (Å²) in [5.41, 5.74) is 0.273. The zero-order chi connectivity index (χ0) is 34.8. The van der Waals surface area contributed by atoms with Gasteiger partial charge < -0.3 is 28.8 Å². The molecule has 0 unspecified atom stereocenters. The monoisotopic (exact) mass is 676 g/mol. The molecular weight excluding hydrogens is 613 g/mol. The second-order valence-electron chi connectivity index (χ2n) is 12.3. The Morgan fingerprint density at radius 3 is 0.783 bits per heavy atom. The smallest absolute Gasteiger partial charge is 0.0783 e. The molecule has 0 amide bonds. The van der Waals surface area contributed by atoms with Crippen LogP contribution in [-0.2, 0) is 0 Å². The number of carboxylic acids is 2. The lowest BCUT2D eigenvalue weighted by atomic mass is 10.2. The zero-order valence-corrected chi connectivity index (χ0v) is 31.9. The lowest BCUT2D eigenvalue weighted by molar-refractivity contribution is -0.928. The molecule has 0 heterocycles. The Bertz CT molecular complexity index is 917. The van der Waals surface area contributed by atoms with Crippen LogP contribution in [0.4, 0.5) is 0 Å². The SMILES string of the molecule is CCC[N+](CCC)(CCC)CCC.CCC[N+](CCC)(CCC)CCC.O=C([O-])c1ccc(SSc2ccc(C(=O)[O-])cc2)cc1. The first kappa shape index (κ1) is 44.0. The van der Waals surface area contributed by atoms with E-state index in [1.54, 1.807) is 24.3 Å². The number of aromatic carboxylic acids is 2. The van der Waals surface area contributed by atoms with Crippen LogP contribution in [0.5, 0.6) is 0 Å². The van der Waals surface area contributed by atoms with Crippen molar-refractivity contribution in [3.63, 3.8) is 0 Å². The molecule has 0 aliphatic heterocycles. The first-order valence-electron chi connectivity index (χ1n) is 17.7. The number of nitrogens with zero attached hydrogens (tertiary/aromatic N) is 2. The van der Waals surface area contributed by atoms with E-state index in [2.05, 4.69) is 55.4 Å². The van der Waals surface area contributed by atoms with Crippen LogP contribution >= 0.6 is 21.6 Å². The van der Waals surface area contributed by atoms with Gasteiger partial charge in [-0.3, -0.25) is 0 Å². The fourth-order valence-electron chi connectivity index (χ4n) is 6.53. The third kappa shape index (κ3) is 17.8. The predicted molar refractivity (Wildman–Crippen MR) is 195 cm³/mol. The van der Waals surface area contributed by atoms with Crippen LogP contribution in [0.2, 0.25) is 0 Å². The van der Waals surface area contributed by atoms with Gasteiger partial charge in [-0.05, 0) is 86.8 Å². The van der Waals surface area contributed by atoms with Gasteiger partial charge in [0.2, 0.25) is 0 Å². The van der Waals surface area contributed by atoms with E-state index in [0.29, 0.717) is 0 Å². The van der Waals surface area contributed by atoms with Crippen LogP contribution in [0.1, 0.15) is 127 Å². The normalized spacial score (nSPS) is 11.2. The second-order valence-corrected chi connectivity index (χ2v) is 14.5. The highest BCUT2D eigenvalue weighted by Crippen LogP contribution is 2.37. The molecule has 8 heteroatoms. The zero-order valence-electron chi connectivity index (χ0n) is 30.3. The Hall–Kier alpha value is -2.00. The van der Waals surface area contributed by atoms with Gasteiger partial charge in [0.05, 0.1) is 64.3 Å². The molecule has 2 rings (SSSR count). The number of carbonyl (C=O) groups excluding carboxylic acids is 2. The van der Waals surface area contributed by atoms with Gasteiger partial charge in [0, 0.05) is 9.79 Å². The van der Waals surface area contributed by atoms with Gasteiger partial charge in [-0.15, -0.1) is 0 Å². The summed E-state index contributed by atoms with van der Waals surface area (Å²) in [7, 11) is 2.90. The summed E-state index contributed by atoms with van der Waals surface area (Å²) < 4.78 is 2.75. The van der Waals surface area contributed by atoms with E-state index in [1.165, 1.54) is 159 Å². The van der Waals surface area contributed by atoms with Crippen LogP contribution in [0.15, 0.2) is 58.3 Å². The minimum atomic E-state index is -1.20. The van der Waals surface area contributed by atoms with Crippen LogP contribution < -0.4 is 10.2 Å². The van der Waals surface area contributed by atoms with Gasteiger partial charge in [0.15, 0.2) is 0 Å². The van der Waals surface area contributed by atoms with Gasteiger partial charge in [-0.2, -0.15) is 0 Å². The highest BCUT2D eigenvalue weighted by molar-refractivity contribution is 8.76. The number of hydrogen-bond donors (Lipinski definition) is 0. The van der Waals surface area contributed by atoms with Crippen molar-refractivity contribution in [2.75, 3.05) is 52.4 Å². The second kappa shape index (κ2) is 26.0. The predicted octanol–water partition coefficient (Wildman–Crippen LogP) is 8.10. The lowest BCUT2D eigenvalue weighted by Gasteiger charge is -2.38. The molecule has 6 nitrogen and oxygen atoms in total. The Kier molecular flexibility index (Phi) is 24.9. The molecule has 2 aromatic carbocycles. The maximum absolute atomic E-state index is 10.6. The molecule has 46 heavy (non-hydrogen) atoms. The summed E-state index contributed by atoms with van der Waals surface area (Å²) in [6, 6.07) is 12.7. The first-order chi connectivity index (χ1) is 22.0. The molecule has 0 saturated heterocycles. The van der Waals surface area contributed by atoms with E-state index >= 15 is 0 Å². The Labute approximate surface area is 289 Å². The fourth-order valence-corrected chi connectivity index (χ4v) is 8.46. The molecule has 0 radical (unpaired) electrons. The van der Waals surface area contributed by atoms with Crippen LogP contribution in [0.3, 0.4) is 0 Å². The third-order valence-electron chi connectivity index (χ3n) is 8.00. The van der Waals surface area contributed by atoms with Gasteiger partial charge in [-0.1, -0.05) is 101 Å². The van der Waals surface area contributed by atoms with Crippen molar-refractivity contribution in [2.45, 2.75) is 117 Å². The highest BCUT2D eigenvalue weighted by atomic mass is 33.1. The molecule has 0 aliphatic rings. The summed E-state index contributed by atoms with van der Waals surface area (Å²) >= 11 is 0. The van der Waals surface area contributed by atoms with Crippen molar-refractivity contribution in [3.8, 4) is 0 Å². The van der Waals surface area contributed by atoms with E-state index in [0.717, 1.165) is 9.79 Å². The number of benzene rings is 2. The molecule has 0 atom stereocenters. The number of quaternary nitrogens is 2. The van der Waals surface area contributed by atoms with Crippen molar-refractivity contribution in [1.82, 2.24) is 0 Å². The number of hydrogen-bond acceptors (Lipinski definition) is 6. The fraction of sp³-hybridized carbons (Fsp3) is 0.632. The van der Waals surface area contributed by atoms with E-state index in [9.17, 15) is 19.8 Å². The average molecular weight is 677 g/mol. The van der Waals surface area contributed by atoms with E-state index < -0.39 is 11.9 Å².